The highest BCUT2D eigenvalue weighted by Crippen LogP contribution is 2.34. The number of pyridine rings is 3. The lowest BCUT2D eigenvalue weighted by molar-refractivity contribution is -0.115. The van der Waals surface area contributed by atoms with Crippen LogP contribution in [0.3, 0.4) is 0 Å². The zero-order chi connectivity index (χ0) is 27.8. The molecule has 0 aliphatic heterocycles. The number of amides is 1. The Labute approximate surface area is 233 Å². The van der Waals surface area contributed by atoms with E-state index in [2.05, 4.69) is 30.5 Å². The summed E-state index contributed by atoms with van der Waals surface area (Å²) in [6.45, 7) is 0. The summed E-state index contributed by atoms with van der Waals surface area (Å²) >= 11 is 0. The molecule has 0 fully saturated rings. The van der Waals surface area contributed by atoms with E-state index >= 15 is 0 Å². The molecule has 8 nitrogen and oxygen atoms in total. The van der Waals surface area contributed by atoms with E-state index in [1.807, 2.05) is 60.7 Å². The van der Waals surface area contributed by atoms with Crippen LogP contribution in [0.15, 0.2) is 104 Å². The molecule has 0 saturated heterocycles. The number of nitrogens with one attached hydrogen (secondary N) is 3. The summed E-state index contributed by atoms with van der Waals surface area (Å²) in [6.07, 6.45) is 5.24. The maximum absolute atomic E-state index is 14.6. The maximum atomic E-state index is 14.6. The number of hydrogen-bond acceptors (Lipinski definition) is 5. The Hall–Kier alpha value is -5.70. The molecule has 1 amide bonds. The molecule has 198 valence electrons. The number of H-pyrrole nitrogens is 2. The van der Waals surface area contributed by atoms with Crippen molar-refractivity contribution in [1.82, 2.24) is 30.1 Å². The Morgan fingerprint density at radius 2 is 1.76 bits per heavy atom. The minimum atomic E-state index is -0.300. The predicted octanol–water partition coefficient (Wildman–Crippen LogP) is 6.55. The molecule has 0 saturated carbocycles. The molecule has 0 unspecified atom stereocenters. The molecule has 5 aromatic heterocycles. The monoisotopic (exact) mass is 539 g/mol. The average molecular weight is 540 g/mol. The Morgan fingerprint density at radius 1 is 0.902 bits per heavy atom. The number of fused-ring (bicyclic) bond motifs is 2. The molecule has 3 N–H and O–H groups in total. The van der Waals surface area contributed by atoms with Gasteiger partial charge in [-0.2, -0.15) is 5.10 Å². The summed E-state index contributed by atoms with van der Waals surface area (Å²) < 4.78 is 14.6. The van der Waals surface area contributed by atoms with E-state index in [0.29, 0.717) is 39.5 Å². The van der Waals surface area contributed by atoms with E-state index in [1.54, 1.807) is 36.8 Å². The minimum absolute atomic E-state index is 0.127. The first kappa shape index (κ1) is 24.3. The highest BCUT2D eigenvalue weighted by atomic mass is 19.1. The van der Waals surface area contributed by atoms with Gasteiger partial charge in [0.25, 0.3) is 0 Å². The van der Waals surface area contributed by atoms with Crippen molar-refractivity contribution in [3.05, 3.63) is 115 Å². The van der Waals surface area contributed by atoms with Gasteiger partial charge in [-0.05, 0) is 47.5 Å². The first-order chi connectivity index (χ1) is 20.1. The van der Waals surface area contributed by atoms with Gasteiger partial charge in [0.1, 0.15) is 22.7 Å². The third-order valence-electron chi connectivity index (χ3n) is 6.88. The first-order valence-electron chi connectivity index (χ1n) is 13.0. The minimum Gasteiger partial charge on any atom is -0.338 e. The molecule has 7 aromatic rings. The normalized spacial score (nSPS) is 11.2. The van der Waals surface area contributed by atoms with Gasteiger partial charge in [0.15, 0.2) is 0 Å². The highest BCUT2D eigenvalue weighted by molar-refractivity contribution is 5.99. The SMILES string of the molecule is O=C(Cc1ccccc1)Nc1cncc(-c2ccc3[nH]nc(-c4cc5c(-c6ccccc6F)ccnc5[nH]4)c3n2)c1. The molecule has 0 aliphatic rings. The van der Waals surface area contributed by atoms with Gasteiger partial charge in [0.2, 0.25) is 5.91 Å². The van der Waals surface area contributed by atoms with Crippen LogP contribution in [-0.2, 0) is 11.2 Å². The van der Waals surface area contributed by atoms with E-state index in [1.165, 1.54) is 6.07 Å². The highest BCUT2D eigenvalue weighted by Gasteiger charge is 2.17. The number of hydrogen-bond donors (Lipinski definition) is 3. The molecule has 0 atom stereocenters. The third-order valence-corrected chi connectivity index (χ3v) is 6.88. The largest absolute Gasteiger partial charge is 0.338 e. The molecule has 9 heteroatoms. The summed E-state index contributed by atoms with van der Waals surface area (Å²) in [5, 5.41) is 11.3. The molecule has 0 spiro atoms. The van der Waals surface area contributed by atoms with Crippen LogP contribution in [0, 0.1) is 5.82 Å². The molecule has 0 radical (unpaired) electrons. The van der Waals surface area contributed by atoms with Crippen LogP contribution >= 0.6 is 0 Å². The number of nitrogens with zero attached hydrogens (tertiary/aromatic N) is 4. The smallest absolute Gasteiger partial charge is 0.228 e. The Kier molecular flexibility index (Phi) is 6.01. The van der Waals surface area contributed by atoms with Crippen molar-refractivity contribution in [1.29, 1.82) is 0 Å². The predicted molar refractivity (Wildman–Crippen MR) is 156 cm³/mol. The molecule has 5 heterocycles. The average Bonchev–Trinajstić information content (AvgIpc) is 3.62. The number of carbonyl (C=O) groups is 1. The van der Waals surface area contributed by atoms with Crippen molar-refractivity contribution >= 4 is 33.7 Å². The van der Waals surface area contributed by atoms with Gasteiger partial charge in [-0.25, -0.2) is 14.4 Å². The van der Waals surface area contributed by atoms with Crippen LogP contribution in [0.5, 0.6) is 0 Å². The topological polar surface area (TPSA) is 112 Å². The third kappa shape index (κ3) is 4.70. The lowest BCUT2D eigenvalue weighted by atomic mass is 10.0. The van der Waals surface area contributed by atoms with Crippen LogP contribution in [0.1, 0.15) is 5.56 Å². The van der Waals surface area contributed by atoms with Gasteiger partial charge in [0, 0.05) is 28.9 Å². The van der Waals surface area contributed by atoms with Crippen LogP contribution in [-0.4, -0.2) is 36.0 Å². The van der Waals surface area contributed by atoms with Crippen molar-refractivity contribution in [2.24, 2.45) is 0 Å². The summed E-state index contributed by atoms with van der Waals surface area (Å²) in [4.78, 5) is 29.6. The number of carbonyl (C=O) groups excluding carboxylic acids is 1. The summed E-state index contributed by atoms with van der Waals surface area (Å²) in [5.41, 5.74) is 7.52. The number of rotatable bonds is 6. The van der Waals surface area contributed by atoms with Crippen molar-refractivity contribution in [3.8, 4) is 33.8 Å². The Morgan fingerprint density at radius 3 is 2.63 bits per heavy atom. The summed E-state index contributed by atoms with van der Waals surface area (Å²) in [7, 11) is 0. The molecule has 7 rings (SSSR count). The second-order valence-corrected chi connectivity index (χ2v) is 9.62. The summed E-state index contributed by atoms with van der Waals surface area (Å²) in [5.74, 6) is -0.427. The Bertz CT molecular complexity index is 2050. The van der Waals surface area contributed by atoms with E-state index in [0.717, 1.165) is 27.6 Å². The van der Waals surface area contributed by atoms with E-state index in [9.17, 15) is 9.18 Å². The molecule has 41 heavy (non-hydrogen) atoms. The van der Waals surface area contributed by atoms with Gasteiger partial charge in [-0.1, -0.05) is 48.5 Å². The van der Waals surface area contributed by atoms with Crippen molar-refractivity contribution in [2.75, 3.05) is 5.32 Å². The van der Waals surface area contributed by atoms with Gasteiger partial charge >= 0.3 is 0 Å². The lowest BCUT2D eigenvalue weighted by Gasteiger charge is -2.07. The molecule has 0 bridgehead atoms. The van der Waals surface area contributed by atoms with E-state index in [-0.39, 0.29) is 18.1 Å². The second-order valence-electron chi connectivity index (χ2n) is 9.62. The molecule has 0 aliphatic carbocycles. The van der Waals surface area contributed by atoms with Crippen LogP contribution in [0.25, 0.3) is 55.8 Å². The lowest BCUT2D eigenvalue weighted by Crippen LogP contribution is -2.14. The number of anilines is 1. The fourth-order valence-corrected chi connectivity index (χ4v) is 4.95. The quantitative estimate of drug-likeness (QED) is 0.222. The summed E-state index contributed by atoms with van der Waals surface area (Å²) in [6, 6.07) is 25.6. The van der Waals surface area contributed by atoms with Crippen LogP contribution < -0.4 is 5.32 Å². The van der Waals surface area contributed by atoms with Crippen molar-refractivity contribution in [3.63, 3.8) is 0 Å². The Balaban J connectivity index is 1.22. The zero-order valence-electron chi connectivity index (χ0n) is 21.6. The van der Waals surface area contributed by atoms with E-state index < -0.39 is 0 Å². The van der Waals surface area contributed by atoms with Gasteiger partial charge < -0.3 is 10.3 Å². The molecular weight excluding hydrogens is 517 g/mol. The number of halogens is 1. The second kappa shape index (κ2) is 10.1. The van der Waals surface area contributed by atoms with Crippen molar-refractivity contribution in [2.45, 2.75) is 6.42 Å². The van der Waals surface area contributed by atoms with Crippen LogP contribution in [0.2, 0.25) is 0 Å². The van der Waals surface area contributed by atoms with Gasteiger partial charge in [-0.3, -0.25) is 14.9 Å². The zero-order valence-corrected chi connectivity index (χ0v) is 21.6. The van der Waals surface area contributed by atoms with Gasteiger partial charge in [-0.15, -0.1) is 0 Å². The number of aromatic nitrogens is 6. The fourth-order valence-electron chi connectivity index (χ4n) is 4.95. The molecular formula is C32H22FN7O. The fraction of sp³-hybridized carbons (Fsp3) is 0.0312. The standard InChI is InChI=1S/C32H22FN7O/c33-25-9-5-4-8-23(25)22-12-13-35-32-24(22)16-28(38-32)31-30-27(39-40-31)11-10-26(37-30)20-15-21(18-34-17-20)36-29(41)14-19-6-2-1-3-7-19/h1-13,15-18H,14H2,(H,35,38)(H,36,41)(H,39,40). The first-order valence-corrected chi connectivity index (χ1v) is 13.0. The van der Waals surface area contributed by atoms with E-state index in [4.69, 9.17) is 4.98 Å². The number of benzene rings is 2. The van der Waals surface area contributed by atoms with Crippen LogP contribution in [0.4, 0.5) is 10.1 Å². The maximum Gasteiger partial charge on any atom is 0.228 e. The molecule has 2 aromatic carbocycles. The number of aromatic amines is 2. The van der Waals surface area contributed by atoms with Gasteiger partial charge in [0.05, 0.1) is 35.2 Å². The van der Waals surface area contributed by atoms with Crippen molar-refractivity contribution < 1.29 is 9.18 Å².